The molecule has 6 atom stereocenters. The molecule has 3 unspecified atom stereocenters. The summed E-state index contributed by atoms with van der Waals surface area (Å²) >= 11 is 0. The van der Waals surface area contributed by atoms with Crippen molar-refractivity contribution in [3.8, 4) is 0 Å². The molecule has 0 amide bonds. The van der Waals surface area contributed by atoms with E-state index >= 15 is 0 Å². The van der Waals surface area contributed by atoms with Gasteiger partial charge in [0, 0.05) is 25.7 Å². The van der Waals surface area contributed by atoms with Crippen molar-refractivity contribution in [2.45, 2.75) is 368 Å². The minimum absolute atomic E-state index is 0.0856. The monoisotopic (exact) mass is 1330 g/mol. The summed E-state index contributed by atoms with van der Waals surface area (Å²) in [6.45, 7) is 7.18. The lowest BCUT2D eigenvalue weighted by Crippen LogP contribution is -2.30. The van der Waals surface area contributed by atoms with Crippen molar-refractivity contribution in [2.24, 2.45) is 5.92 Å². The second-order valence-electron chi connectivity index (χ2n) is 25.5. The van der Waals surface area contributed by atoms with Crippen LogP contribution in [0.2, 0.25) is 0 Å². The number of phosphoric acid groups is 2. The predicted molar refractivity (Wildman–Crippen MR) is 368 cm³/mol. The van der Waals surface area contributed by atoms with Crippen molar-refractivity contribution in [1.29, 1.82) is 0 Å². The fraction of sp³-hybridized carbons (Fsp3) is 0.889. The molecule has 0 aromatic carbocycles. The van der Waals surface area contributed by atoms with E-state index in [1.54, 1.807) is 0 Å². The summed E-state index contributed by atoms with van der Waals surface area (Å²) in [5.74, 6) is -1.38. The molecule has 0 radical (unpaired) electrons. The Morgan fingerprint density at radius 3 is 0.934 bits per heavy atom. The van der Waals surface area contributed by atoms with Gasteiger partial charge in [0.25, 0.3) is 0 Å². The van der Waals surface area contributed by atoms with Crippen LogP contribution in [0.3, 0.4) is 0 Å². The summed E-state index contributed by atoms with van der Waals surface area (Å²) in [5, 5.41) is 10.6. The first-order valence-electron chi connectivity index (χ1n) is 37.0. The number of esters is 4. The van der Waals surface area contributed by atoms with Crippen LogP contribution >= 0.6 is 15.6 Å². The number of allylic oxidation sites excluding steroid dienone is 4. The van der Waals surface area contributed by atoms with Gasteiger partial charge in [-0.05, 0) is 57.3 Å². The number of hydrogen-bond acceptors (Lipinski definition) is 15. The van der Waals surface area contributed by atoms with Crippen LogP contribution < -0.4 is 0 Å². The highest BCUT2D eigenvalue weighted by Gasteiger charge is 2.30. The van der Waals surface area contributed by atoms with Gasteiger partial charge < -0.3 is 33.8 Å². The van der Waals surface area contributed by atoms with Gasteiger partial charge in [-0.3, -0.25) is 37.3 Å². The zero-order valence-corrected chi connectivity index (χ0v) is 60.3. The second kappa shape index (κ2) is 64.9. The van der Waals surface area contributed by atoms with Crippen LogP contribution in [0.15, 0.2) is 24.3 Å². The molecule has 0 bridgehead atoms. The highest BCUT2D eigenvalue weighted by Crippen LogP contribution is 2.45. The Labute approximate surface area is 554 Å². The highest BCUT2D eigenvalue weighted by atomic mass is 31.2. The summed E-state index contributed by atoms with van der Waals surface area (Å²) in [7, 11) is -9.91. The SMILES string of the molecule is CCCCCC/C=C\C=C/CCCCCCCC(=O)O[C@H](COC(=O)CCCCCCCCCCCCCCCCC)COP(=O)(O)OC[C@@H](O)COP(=O)(O)OC[C@@H](COC(=O)CCCCCCCCCCC)OC(=O)CCCCCCCCCCC(C)CC. The quantitative estimate of drug-likeness (QED) is 0.0169. The minimum Gasteiger partial charge on any atom is -0.462 e. The van der Waals surface area contributed by atoms with E-state index in [4.69, 9.17) is 37.0 Å². The first kappa shape index (κ1) is 88.5. The van der Waals surface area contributed by atoms with Gasteiger partial charge in [0.15, 0.2) is 12.2 Å². The average molecular weight is 1340 g/mol. The molecule has 536 valence electrons. The maximum Gasteiger partial charge on any atom is 0.472 e. The summed E-state index contributed by atoms with van der Waals surface area (Å²) in [6.07, 6.45) is 54.8. The van der Waals surface area contributed by atoms with E-state index in [1.807, 2.05) is 0 Å². The van der Waals surface area contributed by atoms with E-state index in [2.05, 4.69) is 58.9 Å². The predicted octanol–water partition coefficient (Wildman–Crippen LogP) is 20.5. The molecule has 0 heterocycles. The van der Waals surface area contributed by atoms with Crippen LogP contribution in [0.4, 0.5) is 0 Å². The van der Waals surface area contributed by atoms with Crippen LogP contribution in [-0.4, -0.2) is 96.7 Å². The fourth-order valence-electron chi connectivity index (χ4n) is 10.4. The van der Waals surface area contributed by atoms with Crippen LogP contribution in [0.25, 0.3) is 0 Å². The molecule has 0 rings (SSSR count). The zero-order chi connectivity index (χ0) is 67.0. The Morgan fingerprint density at radius 1 is 0.352 bits per heavy atom. The number of aliphatic hydroxyl groups excluding tert-OH is 1. The van der Waals surface area contributed by atoms with E-state index in [0.717, 1.165) is 109 Å². The number of unbranched alkanes of at least 4 members (excludes halogenated alkanes) is 38. The molecule has 91 heavy (non-hydrogen) atoms. The largest absolute Gasteiger partial charge is 0.472 e. The standard InChI is InChI=1S/C72H136O17P2/c1-6-10-13-16-19-22-24-26-28-30-32-35-41-46-51-56-70(75)83-62-67(88-71(76)57-52-47-42-36-33-31-29-27-25-23-20-17-14-11-7-2)63-86-90(78,79)84-59-66(73)60-85-91(80,81)87-64-68(61-82-69(74)55-50-45-40-34-21-18-15-12-8-3)89-72(77)58-53-48-43-38-37-39-44-49-54-65(5)9-4/h23,25,27,29,65-68,73H,6-22,24,26,28,30-64H2,1-5H3,(H,78,79)(H,80,81)/b25-23-,29-27-/t65?,66-,67-,68-/m1/s1. The van der Waals surface area contributed by atoms with E-state index < -0.39 is 97.5 Å². The molecule has 19 heteroatoms. The first-order valence-corrected chi connectivity index (χ1v) is 40.0. The minimum atomic E-state index is -4.96. The number of carbonyl (C=O) groups is 4. The van der Waals surface area contributed by atoms with Crippen LogP contribution in [0.1, 0.15) is 349 Å². The van der Waals surface area contributed by atoms with E-state index in [0.29, 0.717) is 25.7 Å². The Balaban J connectivity index is 5.28. The molecule has 0 aliphatic heterocycles. The summed E-state index contributed by atoms with van der Waals surface area (Å²) in [4.78, 5) is 72.6. The first-order chi connectivity index (χ1) is 44.1. The van der Waals surface area contributed by atoms with E-state index in [-0.39, 0.29) is 25.7 Å². The van der Waals surface area contributed by atoms with Crippen molar-refractivity contribution in [3.05, 3.63) is 24.3 Å². The molecule has 0 aromatic rings. The molecule has 0 spiro atoms. The smallest absolute Gasteiger partial charge is 0.462 e. The maximum atomic E-state index is 13.0. The van der Waals surface area contributed by atoms with Crippen molar-refractivity contribution in [1.82, 2.24) is 0 Å². The Morgan fingerprint density at radius 2 is 0.615 bits per heavy atom. The molecular weight excluding hydrogens is 1200 g/mol. The number of carbonyl (C=O) groups excluding carboxylic acids is 4. The molecule has 0 aliphatic carbocycles. The van der Waals surface area contributed by atoms with Crippen molar-refractivity contribution in [2.75, 3.05) is 39.6 Å². The van der Waals surface area contributed by atoms with Gasteiger partial charge >= 0.3 is 39.5 Å². The van der Waals surface area contributed by atoms with Crippen LogP contribution in [0.5, 0.6) is 0 Å². The molecule has 17 nitrogen and oxygen atoms in total. The Bertz CT molecular complexity index is 1850. The van der Waals surface area contributed by atoms with Gasteiger partial charge in [0.05, 0.1) is 26.4 Å². The summed E-state index contributed by atoms with van der Waals surface area (Å²) in [5.41, 5.74) is 0. The van der Waals surface area contributed by atoms with Gasteiger partial charge in [0.2, 0.25) is 0 Å². The lowest BCUT2D eigenvalue weighted by molar-refractivity contribution is -0.161. The summed E-state index contributed by atoms with van der Waals surface area (Å²) < 4.78 is 68.3. The topological polar surface area (TPSA) is 237 Å². The highest BCUT2D eigenvalue weighted by molar-refractivity contribution is 7.47. The maximum absolute atomic E-state index is 13.0. The second-order valence-corrected chi connectivity index (χ2v) is 28.4. The molecule has 0 fully saturated rings. The summed E-state index contributed by atoms with van der Waals surface area (Å²) in [6, 6.07) is 0. The average Bonchev–Trinajstić information content (AvgIpc) is 3.50. The van der Waals surface area contributed by atoms with Gasteiger partial charge in [-0.1, -0.05) is 296 Å². The lowest BCUT2D eigenvalue weighted by Gasteiger charge is -2.21. The molecule has 0 saturated carbocycles. The third kappa shape index (κ3) is 64.6. The van der Waals surface area contributed by atoms with Crippen molar-refractivity contribution in [3.63, 3.8) is 0 Å². The van der Waals surface area contributed by atoms with Crippen LogP contribution in [0, 0.1) is 5.92 Å². The van der Waals surface area contributed by atoms with Gasteiger partial charge in [-0.2, -0.15) is 0 Å². The molecular formula is C72H136O17P2. The normalized spacial score (nSPS) is 14.5. The van der Waals surface area contributed by atoms with Crippen molar-refractivity contribution < 1.29 is 80.2 Å². The molecule has 0 saturated heterocycles. The number of ether oxygens (including phenoxy) is 4. The molecule has 0 aliphatic rings. The third-order valence-corrected chi connectivity index (χ3v) is 18.4. The van der Waals surface area contributed by atoms with E-state index in [9.17, 15) is 43.2 Å². The Kier molecular flexibility index (Phi) is 63.1. The number of hydrogen-bond donors (Lipinski definition) is 3. The van der Waals surface area contributed by atoms with Gasteiger partial charge in [-0.15, -0.1) is 0 Å². The molecule has 0 aromatic heterocycles. The van der Waals surface area contributed by atoms with Crippen molar-refractivity contribution >= 4 is 39.5 Å². The lowest BCUT2D eigenvalue weighted by atomic mass is 9.99. The number of aliphatic hydroxyl groups is 1. The molecule has 3 N–H and O–H groups in total. The Hall–Kier alpha value is -2.46. The number of rotatable bonds is 70. The fourth-order valence-corrected chi connectivity index (χ4v) is 12.0. The van der Waals surface area contributed by atoms with Gasteiger partial charge in [0.1, 0.15) is 19.3 Å². The van der Waals surface area contributed by atoms with Gasteiger partial charge in [-0.25, -0.2) is 9.13 Å². The number of phosphoric ester groups is 2. The third-order valence-electron chi connectivity index (χ3n) is 16.5. The van der Waals surface area contributed by atoms with E-state index in [1.165, 1.54) is 161 Å². The zero-order valence-electron chi connectivity index (χ0n) is 58.5. The van der Waals surface area contributed by atoms with Crippen LogP contribution in [-0.2, 0) is 65.4 Å².